The Balaban J connectivity index is 1.82. The van der Waals surface area contributed by atoms with Gasteiger partial charge in [0.2, 0.25) is 0 Å². The van der Waals surface area contributed by atoms with Crippen LogP contribution >= 0.6 is 0 Å². The number of piperidine rings is 1. The molecule has 0 bridgehead atoms. The molecule has 0 aliphatic carbocycles. The molecule has 1 amide bonds. The van der Waals surface area contributed by atoms with E-state index < -0.39 is 5.91 Å². The SMILES string of the molecule is CCc1ccnc(NC(=O)c2c(C)ccn(CC3CCCNC3)c2=O)c1. The highest BCUT2D eigenvalue weighted by molar-refractivity contribution is 6.04. The van der Waals surface area contributed by atoms with Crippen molar-refractivity contribution in [1.29, 1.82) is 0 Å². The van der Waals surface area contributed by atoms with Gasteiger partial charge in [0, 0.05) is 18.9 Å². The lowest BCUT2D eigenvalue weighted by atomic mass is 9.99. The number of carbonyl (C=O) groups excluding carboxylic acids is 1. The summed E-state index contributed by atoms with van der Waals surface area (Å²) in [6.45, 7) is 6.42. The third-order valence-corrected chi connectivity index (χ3v) is 4.93. The van der Waals surface area contributed by atoms with Crippen LogP contribution in [-0.4, -0.2) is 28.5 Å². The summed E-state index contributed by atoms with van der Waals surface area (Å²) in [6.07, 6.45) is 6.54. The van der Waals surface area contributed by atoms with Gasteiger partial charge in [-0.1, -0.05) is 6.92 Å². The van der Waals surface area contributed by atoms with Gasteiger partial charge in [-0.2, -0.15) is 0 Å². The van der Waals surface area contributed by atoms with E-state index in [1.54, 1.807) is 23.9 Å². The van der Waals surface area contributed by atoms with Crippen LogP contribution in [0, 0.1) is 12.8 Å². The zero-order chi connectivity index (χ0) is 18.5. The number of aryl methyl sites for hydroxylation is 2. The molecule has 6 heteroatoms. The first-order valence-electron chi connectivity index (χ1n) is 9.25. The first-order chi connectivity index (χ1) is 12.6. The maximum absolute atomic E-state index is 12.9. The normalized spacial score (nSPS) is 17.1. The monoisotopic (exact) mass is 354 g/mol. The first-order valence-corrected chi connectivity index (χ1v) is 9.25. The van der Waals surface area contributed by atoms with Crippen molar-refractivity contribution in [2.45, 2.75) is 39.7 Å². The number of nitrogens with one attached hydrogen (secondary N) is 2. The molecular weight excluding hydrogens is 328 g/mol. The molecule has 1 aliphatic rings. The lowest BCUT2D eigenvalue weighted by Crippen LogP contribution is -2.36. The number of hydrogen-bond donors (Lipinski definition) is 2. The van der Waals surface area contributed by atoms with E-state index in [1.807, 2.05) is 25.1 Å². The molecule has 0 spiro atoms. The largest absolute Gasteiger partial charge is 0.316 e. The van der Waals surface area contributed by atoms with Gasteiger partial charge < -0.3 is 15.2 Å². The number of nitrogens with zero attached hydrogens (tertiary/aromatic N) is 2. The molecule has 0 saturated carbocycles. The fraction of sp³-hybridized carbons (Fsp3) is 0.450. The predicted molar refractivity (Wildman–Crippen MR) is 103 cm³/mol. The van der Waals surface area contributed by atoms with Gasteiger partial charge in [0.25, 0.3) is 11.5 Å². The summed E-state index contributed by atoms with van der Waals surface area (Å²) < 4.78 is 1.66. The van der Waals surface area contributed by atoms with Gasteiger partial charge in [-0.25, -0.2) is 4.98 Å². The van der Waals surface area contributed by atoms with Crippen molar-refractivity contribution in [3.05, 3.63) is 57.6 Å². The molecule has 1 unspecified atom stereocenters. The van der Waals surface area contributed by atoms with E-state index >= 15 is 0 Å². The van der Waals surface area contributed by atoms with Crippen LogP contribution in [0.4, 0.5) is 5.82 Å². The first kappa shape index (κ1) is 18.3. The van der Waals surface area contributed by atoms with Gasteiger partial charge >= 0.3 is 0 Å². The summed E-state index contributed by atoms with van der Waals surface area (Å²) in [5.41, 5.74) is 1.72. The van der Waals surface area contributed by atoms with Crippen LogP contribution in [0.3, 0.4) is 0 Å². The molecule has 2 aromatic rings. The van der Waals surface area contributed by atoms with Crippen LogP contribution in [0.2, 0.25) is 0 Å². The molecule has 6 nitrogen and oxygen atoms in total. The van der Waals surface area contributed by atoms with Crippen molar-refractivity contribution in [3.63, 3.8) is 0 Å². The van der Waals surface area contributed by atoms with E-state index in [0.717, 1.165) is 37.9 Å². The highest BCUT2D eigenvalue weighted by Gasteiger charge is 2.19. The van der Waals surface area contributed by atoms with Crippen LogP contribution in [0.15, 0.2) is 35.4 Å². The van der Waals surface area contributed by atoms with Gasteiger partial charge in [0.15, 0.2) is 0 Å². The standard InChI is InChI=1S/C20H26N4O2/c1-3-15-6-9-22-17(11-15)23-19(25)18-14(2)7-10-24(20(18)26)13-16-5-4-8-21-12-16/h6-7,9-11,16,21H,3-5,8,12-13H2,1-2H3,(H,22,23,25). The molecule has 1 saturated heterocycles. The number of carbonyl (C=O) groups is 1. The van der Waals surface area contributed by atoms with Crippen molar-refractivity contribution in [1.82, 2.24) is 14.9 Å². The minimum absolute atomic E-state index is 0.194. The number of rotatable bonds is 5. The summed E-state index contributed by atoms with van der Waals surface area (Å²) in [4.78, 5) is 29.8. The van der Waals surface area contributed by atoms with Crippen LogP contribution in [-0.2, 0) is 13.0 Å². The Labute approximate surface area is 153 Å². The Morgan fingerprint density at radius 2 is 2.27 bits per heavy atom. The molecule has 2 N–H and O–H groups in total. The zero-order valence-electron chi connectivity index (χ0n) is 15.4. The number of aromatic nitrogens is 2. The summed E-state index contributed by atoms with van der Waals surface area (Å²) >= 11 is 0. The number of anilines is 1. The van der Waals surface area contributed by atoms with Crippen molar-refractivity contribution in [2.75, 3.05) is 18.4 Å². The molecule has 2 aromatic heterocycles. The van der Waals surface area contributed by atoms with Crippen molar-refractivity contribution in [3.8, 4) is 0 Å². The van der Waals surface area contributed by atoms with Crippen molar-refractivity contribution < 1.29 is 4.79 Å². The third kappa shape index (κ3) is 4.19. The number of hydrogen-bond acceptors (Lipinski definition) is 4. The molecule has 1 aliphatic heterocycles. The second kappa shape index (κ2) is 8.27. The lowest BCUT2D eigenvalue weighted by Gasteiger charge is -2.23. The maximum Gasteiger partial charge on any atom is 0.263 e. The Hall–Kier alpha value is -2.47. The summed E-state index contributed by atoms with van der Waals surface area (Å²) in [6, 6.07) is 5.58. The van der Waals surface area contributed by atoms with Crippen LogP contribution in [0.1, 0.15) is 41.3 Å². The molecule has 1 fully saturated rings. The molecule has 3 heterocycles. The Bertz CT molecular complexity index is 838. The fourth-order valence-electron chi connectivity index (χ4n) is 3.38. The Morgan fingerprint density at radius 1 is 1.42 bits per heavy atom. The van der Waals surface area contributed by atoms with Gasteiger partial charge in [-0.3, -0.25) is 9.59 Å². The van der Waals surface area contributed by atoms with Gasteiger partial charge in [-0.05, 0) is 74.5 Å². The third-order valence-electron chi connectivity index (χ3n) is 4.93. The molecular formula is C20H26N4O2. The fourth-order valence-corrected chi connectivity index (χ4v) is 3.38. The number of amides is 1. The highest BCUT2D eigenvalue weighted by atomic mass is 16.2. The van der Waals surface area contributed by atoms with Gasteiger partial charge in [0.05, 0.1) is 0 Å². The van der Waals surface area contributed by atoms with E-state index in [0.29, 0.717) is 23.8 Å². The minimum atomic E-state index is -0.399. The van der Waals surface area contributed by atoms with Crippen LogP contribution < -0.4 is 16.2 Å². The predicted octanol–water partition coefficient (Wildman–Crippen LogP) is 2.37. The van der Waals surface area contributed by atoms with E-state index in [-0.39, 0.29) is 11.1 Å². The van der Waals surface area contributed by atoms with Crippen molar-refractivity contribution in [2.24, 2.45) is 5.92 Å². The smallest absolute Gasteiger partial charge is 0.263 e. The maximum atomic E-state index is 12.9. The molecule has 0 radical (unpaired) electrons. The summed E-state index contributed by atoms with van der Waals surface area (Å²) in [5, 5.41) is 6.13. The second-order valence-electron chi connectivity index (χ2n) is 6.90. The minimum Gasteiger partial charge on any atom is -0.316 e. The quantitative estimate of drug-likeness (QED) is 0.864. The van der Waals surface area contributed by atoms with E-state index in [9.17, 15) is 9.59 Å². The summed E-state index contributed by atoms with van der Waals surface area (Å²) in [7, 11) is 0. The molecule has 26 heavy (non-hydrogen) atoms. The van der Waals surface area contributed by atoms with E-state index in [4.69, 9.17) is 0 Å². The topological polar surface area (TPSA) is 76.0 Å². The van der Waals surface area contributed by atoms with Gasteiger partial charge in [0.1, 0.15) is 11.4 Å². The van der Waals surface area contributed by atoms with Crippen LogP contribution in [0.25, 0.3) is 0 Å². The Morgan fingerprint density at radius 3 is 3.00 bits per heavy atom. The number of pyridine rings is 2. The average Bonchev–Trinajstić information content (AvgIpc) is 2.65. The van der Waals surface area contributed by atoms with E-state index in [2.05, 4.69) is 15.6 Å². The Kier molecular flexibility index (Phi) is 5.83. The summed E-state index contributed by atoms with van der Waals surface area (Å²) in [5.74, 6) is 0.493. The van der Waals surface area contributed by atoms with Crippen molar-refractivity contribution >= 4 is 11.7 Å². The lowest BCUT2D eigenvalue weighted by molar-refractivity contribution is 0.102. The zero-order valence-corrected chi connectivity index (χ0v) is 15.4. The molecule has 3 rings (SSSR count). The second-order valence-corrected chi connectivity index (χ2v) is 6.90. The van der Waals surface area contributed by atoms with E-state index in [1.165, 1.54) is 0 Å². The average molecular weight is 354 g/mol. The van der Waals surface area contributed by atoms with Crippen LogP contribution in [0.5, 0.6) is 0 Å². The molecule has 1 atom stereocenters. The highest BCUT2D eigenvalue weighted by Crippen LogP contribution is 2.13. The molecule has 0 aromatic carbocycles. The van der Waals surface area contributed by atoms with Gasteiger partial charge in [-0.15, -0.1) is 0 Å². The molecule has 138 valence electrons.